The molecule has 1 amide bonds. The molecule has 7 heteroatoms. The van der Waals surface area contributed by atoms with Gasteiger partial charge in [0, 0.05) is 11.6 Å². The van der Waals surface area contributed by atoms with Crippen LogP contribution < -0.4 is 5.32 Å². The Morgan fingerprint density at radius 1 is 1.00 bits per heavy atom. The van der Waals surface area contributed by atoms with Crippen LogP contribution in [-0.2, 0) is 15.6 Å². The average Bonchev–Trinajstić information content (AvgIpc) is 3.08. The van der Waals surface area contributed by atoms with Gasteiger partial charge >= 0.3 is 0 Å². The fourth-order valence-electron chi connectivity index (χ4n) is 2.21. The number of carbonyl (C=O) groups is 1. The molecule has 0 saturated carbocycles. The van der Waals surface area contributed by atoms with Crippen molar-refractivity contribution in [1.29, 1.82) is 0 Å². The number of rotatable bonds is 5. The van der Waals surface area contributed by atoms with Crippen LogP contribution in [0.4, 0.5) is 5.82 Å². The predicted octanol–water partition coefficient (Wildman–Crippen LogP) is 2.64. The third-order valence-electron chi connectivity index (χ3n) is 3.42. The number of aromatic amines is 1. The number of anilines is 1. The molecule has 1 heterocycles. The minimum absolute atomic E-state index is 0.0759. The minimum Gasteiger partial charge on any atom is -0.307 e. The molecule has 0 bridgehead atoms. The van der Waals surface area contributed by atoms with Gasteiger partial charge in [-0.05, 0) is 29.8 Å². The largest absolute Gasteiger partial charge is 0.307 e. The van der Waals surface area contributed by atoms with Gasteiger partial charge in [0.05, 0.1) is 16.8 Å². The summed E-state index contributed by atoms with van der Waals surface area (Å²) in [6, 6.07) is 16.5. The lowest BCUT2D eigenvalue weighted by atomic mass is 10.2. The lowest BCUT2D eigenvalue weighted by molar-refractivity contribution is 0.102. The molecule has 24 heavy (non-hydrogen) atoms. The molecule has 0 aliphatic heterocycles. The molecule has 1 aromatic heterocycles. The van der Waals surface area contributed by atoms with Crippen LogP contribution in [-0.4, -0.2) is 24.5 Å². The Balaban J connectivity index is 1.75. The van der Waals surface area contributed by atoms with Gasteiger partial charge < -0.3 is 5.32 Å². The lowest BCUT2D eigenvalue weighted by Crippen LogP contribution is -2.12. The number of carbonyl (C=O) groups excluding carboxylic acids is 1. The summed E-state index contributed by atoms with van der Waals surface area (Å²) in [5.74, 6) is 0.0556. The Kier molecular flexibility index (Phi) is 4.43. The molecular weight excluding hydrogens is 326 g/mol. The first-order chi connectivity index (χ1) is 11.5. The molecule has 122 valence electrons. The zero-order chi connectivity index (χ0) is 17.0. The van der Waals surface area contributed by atoms with E-state index in [4.69, 9.17) is 0 Å². The van der Waals surface area contributed by atoms with Crippen molar-refractivity contribution in [2.24, 2.45) is 0 Å². The molecule has 0 atom stereocenters. The number of nitrogens with one attached hydrogen (secondary N) is 2. The van der Waals surface area contributed by atoms with Crippen LogP contribution in [0.3, 0.4) is 0 Å². The van der Waals surface area contributed by atoms with Gasteiger partial charge in [-0.3, -0.25) is 9.89 Å². The maximum absolute atomic E-state index is 12.4. The maximum atomic E-state index is 12.4. The van der Waals surface area contributed by atoms with Crippen LogP contribution in [0.5, 0.6) is 0 Å². The first-order valence-electron chi connectivity index (χ1n) is 7.22. The van der Waals surface area contributed by atoms with Crippen molar-refractivity contribution >= 4 is 21.6 Å². The van der Waals surface area contributed by atoms with Gasteiger partial charge in [0.15, 0.2) is 9.84 Å². The molecule has 0 fully saturated rings. The number of sulfone groups is 1. The Labute approximate surface area is 139 Å². The van der Waals surface area contributed by atoms with E-state index in [9.17, 15) is 13.2 Å². The number of hydrogen-bond acceptors (Lipinski definition) is 4. The topological polar surface area (TPSA) is 91.9 Å². The fraction of sp³-hybridized carbons (Fsp3) is 0.0588. The molecule has 3 aromatic rings. The first kappa shape index (κ1) is 15.9. The summed E-state index contributed by atoms with van der Waals surface area (Å²) in [5, 5.41) is 8.99. The van der Waals surface area contributed by atoms with Gasteiger partial charge in [0.2, 0.25) is 0 Å². The highest BCUT2D eigenvalue weighted by Gasteiger charge is 2.16. The first-order valence-corrected chi connectivity index (χ1v) is 8.87. The van der Waals surface area contributed by atoms with Gasteiger partial charge in [-0.1, -0.05) is 30.3 Å². The zero-order valence-electron chi connectivity index (χ0n) is 12.6. The van der Waals surface area contributed by atoms with E-state index in [0.29, 0.717) is 11.4 Å². The number of benzene rings is 2. The SMILES string of the molecule is O=C(Nc1ccn[nH]1)c1ccc(S(=O)(=O)Cc2ccccc2)cc1. The number of H-pyrrole nitrogens is 1. The molecule has 3 rings (SSSR count). The van der Waals surface area contributed by atoms with E-state index in [1.165, 1.54) is 30.5 Å². The van der Waals surface area contributed by atoms with Crippen LogP contribution in [0.1, 0.15) is 15.9 Å². The molecule has 0 aliphatic carbocycles. The van der Waals surface area contributed by atoms with E-state index in [-0.39, 0.29) is 16.6 Å². The van der Waals surface area contributed by atoms with Crippen molar-refractivity contribution in [1.82, 2.24) is 10.2 Å². The highest BCUT2D eigenvalue weighted by Crippen LogP contribution is 2.17. The van der Waals surface area contributed by atoms with E-state index < -0.39 is 9.84 Å². The lowest BCUT2D eigenvalue weighted by Gasteiger charge is -2.06. The summed E-state index contributed by atoms with van der Waals surface area (Å²) in [6.07, 6.45) is 1.52. The number of aromatic nitrogens is 2. The van der Waals surface area contributed by atoms with Crippen molar-refractivity contribution in [2.75, 3.05) is 5.32 Å². The third kappa shape index (κ3) is 3.69. The quantitative estimate of drug-likeness (QED) is 0.746. The standard InChI is InChI=1S/C17H15N3O3S/c21-17(19-16-10-11-18-20-16)14-6-8-15(9-7-14)24(22,23)12-13-4-2-1-3-5-13/h1-11H,12H2,(H2,18,19,20,21). The Bertz CT molecular complexity index is 919. The van der Waals surface area contributed by atoms with Crippen LogP contribution in [0, 0.1) is 0 Å². The van der Waals surface area contributed by atoms with E-state index in [1.807, 2.05) is 6.07 Å². The number of hydrogen-bond donors (Lipinski definition) is 2. The van der Waals surface area contributed by atoms with E-state index in [1.54, 1.807) is 30.3 Å². The van der Waals surface area contributed by atoms with Crippen molar-refractivity contribution in [2.45, 2.75) is 10.6 Å². The van der Waals surface area contributed by atoms with Crippen LogP contribution in [0.15, 0.2) is 71.8 Å². The smallest absolute Gasteiger partial charge is 0.256 e. The Morgan fingerprint density at radius 2 is 1.71 bits per heavy atom. The number of nitrogens with zero attached hydrogens (tertiary/aromatic N) is 1. The number of amides is 1. The summed E-state index contributed by atoms with van der Waals surface area (Å²) in [6.45, 7) is 0. The summed E-state index contributed by atoms with van der Waals surface area (Å²) >= 11 is 0. The Morgan fingerprint density at radius 3 is 2.33 bits per heavy atom. The molecule has 0 radical (unpaired) electrons. The maximum Gasteiger partial charge on any atom is 0.256 e. The molecular formula is C17H15N3O3S. The molecule has 6 nitrogen and oxygen atoms in total. The minimum atomic E-state index is -3.45. The van der Waals surface area contributed by atoms with Gasteiger partial charge in [0.1, 0.15) is 5.82 Å². The molecule has 0 aliphatic rings. The van der Waals surface area contributed by atoms with E-state index >= 15 is 0 Å². The molecule has 2 N–H and O–H groups in total. The van der Waals surface area contributed by atoms with Gasteiger partial charge in [0.25, 0.3) is 5.91 Å². The molecule has 2 aromatic carbocycles. The van der Waals surface area contributed by atoms with Crippen LogP contribution >= 0.6 is 0 Å². The second kappa shape index (κ2) is 6.67. The summed E-state index contributed by atoms with van der Waals surface area (Å²) in [5.41, 5.74) is 1.09. The zero-order valence-corrected chi connectivity index (χ0v) is 13.5. The van der Waals surface area contributed by atoms with Crippen molar-refractivity contribution in [3.8, 4) is 0 Å². The highest BCUT2D eigenvalue weighted by atomic mass is 32.2. The van der Waals surface area contributed by atoms with Crippen LogP contribution in [0.2, 0.25) is 0 Å². The fourth-order valence-corrected chi connectivity index (χ4v) is 3.56. The second-order valence-corrected chi connectivity index (χ2v) is 7.18. The monoisotopic (exact) mass is 341 g/mol. The van der Waals surface area contributed by atoms with Gasteiger partial charge in [-0.2, -0.15) is 5.10 Å². The molecule has 0 unspecified atom stereocenters. The predicted molar refractivity (Wildman–Crippen MR) is 90.3 cm³/mol. The van der Waals surface area contributed by atoms with Gasteiger partial charge in [-0.15, -0.1) is 0 Å². The second-order valence-electron chi connectivity index (χ2n) is 5.19. The highest BCUT2D eigenvalue weighted by molar-refractivity contribution is 7.90. The van der Waals surface area contributed by atoms with Crippen LogP contribution in [0.25, 0.3) is 0 Å². The average molecular weight is 341 g/mol. The van der Waals surface area contributed by atoms with E-state index in [2.05, 4.69) is 15.5 Å². The van der Waals surface area contributed by atoms with Crippen molar-refractivity contribution in [3.63, 3.8) is 0 Å². The van der Waals surface area contributed by atoms with Crippen molar-refractivity contribution in [3.05, 3.63) is 78.0 Å². The summed E-state index contributed by atoms with van der Waals surface area (Å²) < 4.78 is 24.9. The summed E-state index contributed by atoms with van der Waals surface area (Å²) in [4.78, 5) is 12.2. The summed E-state index contributed by atoms with van der Waals surface area (Å²) in [7, 11) is -3.45. The third-order valence-corrected chi connectivity index (χ3v) is 5.13. The van der Waals surface area contributed by atoms with E-state index in [0.717, 1.165) is 5.56 Å². The molecule has 0 saturated heterocycles. The normalized spacial score (nSPS) is 11.2. The van der Waals surface area contributed by atoms with Gasteiger partial charge in [-0.25, -0.2) is 8.42 Å². The molecule has 0 spiro atoms. The Hall–Kier alpha value is -2.93. The van der Waals surface area contributed by atoms with Crippen molar-refractivity contribution < 1.29 is 13.2 Å².